The van der Waals surface area contributed by atoms with Crippen LogP contribution < -0.4 is 0 Å². The third kappa shape index (κ3) is 2.72. The molecule has 2 aliphatic heterocycles. The monoisotopic (exact) mass is 358 g/mol. The minimum atomic E-state index is -0.562. The maximum absolute atomic E-state index is 12.6. The molecule has 2 aliphatic rings. The fraction of sp³-hybridized carbons (Fsp3) is 0.389. The maximum Gasteiger partial charge on any atom is 0.330 e. The number of aromatic nitrogens is 1. The highest BCUT2D eigenvalue weighted by Crippen LogP contribution is 2.54. The van der Waals surface area contributed by atoms with Crippen molar-refractivity contribution in [1.29, 1.82) is 0 Å². The van der Waals surface area contributed by atoms with E-state index in [1.807, 2.05) is 30.3 Å². The summed E-state index contributed by atoms with van der Waals surface area (Å²) in [7, 11) is 0. The SMILES string of the molecule is Cc1cc(COC(=O)[C@@H]2CS[C@]3(c4ccccc4)CCC(=O)N23)no1. The van der Waals surface area contributed by atoms with E-state index in [9.17, 15) is 9.59 Å². The average Bonchev–Trinajstić information content (AvgIpc) is 3.30. The van der Waals surface area contributed by atoms with E-state index in [2.05, 4.69) is 5.16 Å². The number of hydrogen-bond donors (Lipinski definition) is 0. The summed E-state index contributed by atoms with van der Waals surface area (Å²) in [5.41, 5.74) is 1.63. The first-order valence-electron chi connectivity index (χ1n) is 8.21. The van der Waals surface area contributed by atoms with Crippen molar-refractivity contribution in [3.63, 3.8) is 0 Å². The molecule has 0 unspecified atom stereocenters. The Labute approximate surface area is 149 Å². The highest BCUT2D eigenvalue weighted by Gasteiger charge is 2.57. The third-order valence-electron chi connectivity index (χ3n) is 4.66. The van der Waals surface area contributed by atoms with Gasteiger partial charge in [-0.05, 0) is 18.9 Å². The van der Waals surface area contributed by atoms with Crippen molar-refractivity contribution < 1.29 is 18.8 Å². The maximum atomic E-state index is 12.6. The van der Waals surface area contributed by atoms with Gasteiger partial charge in [0, 0.05) is 18.2 Å². The Morgan fingerprint density at radius 1 is 1.44 bits per heavy atom. The lowest BCUT2D eigenvalue weighted by atomic mass is 10.0. The minimum Gasteiger partial charge on any atom is -0.457 e. The Morgan fingerprint density at radius 2 is 2.24 bits per heavy atom. The molecular formula is C18H18N2O4S. The molecule has 25 heavy (non-hydrogen) atoms. The van der Waals surface area contributed by atoms with Crippen LogP contribution >= 0.6 is 11.8 Å². The van der Waals surface area contributed by atoms with Crippen LogP contribution in [0.4, 0.5) is 0 Å². The van der Waals surface area contributed by atoms with Gasteiger partial charge >= 0.3 is 5.97 Å². The summed E-state index contributed by atoms with van der Waals surface area (Å²) in [4.78, 5) is 26.4. The van der Waals surface area contributed by atoms with E-state index in [4.69, 9.17) is 9.26 Å². The number of hydrogen-bond acceptors (Lipinski definition) is 6. The van der Waals surface area contributed by atoms with Gasteiger partial charge in [-0.3, -0.25) is 4.79 Å². The largest absolute Gasteiger partial charge is 0.457 e. The zero-order chi connectivity index (χ0) is 17.4. The van der Waals surface area contributed by atoms with Crippen LogP contribution in [0.3, 0.4) is 0 Å². The molecule has 0 aliphatic carbocycles. The van der Waals surface area contributed by atoms with Crippen molar-refractivity contribution in [3.8, 4) is 0 Å². The summed E-state index contributed by atoms with van der Waals surface area (Å²) in [6.07, 6.45) is 1.17. The van der Waals surface area contributed by atoms with Crippen molar-refractivity contribution in [2.45, 2.75) is 37.3 Å². The van der Waals surface area contributed by atoms with E-state index in [0.717, 1.165) is 5.56 Å². The van der Waals surface area contributed by atoms with Gasteiger partial charge in [0.05, 0.1) is 0 Å². The smallest absolute Gasteiger partial charge is 0.330 e. The Bertz CT molecular complexity index is 806. The number of rotatable bonds is 4. The van der Waals surface area contributed by atoms with Crippen LogP contribution in [0.1, 0.15) is 29.9 Å². The van der Waals surface area contributed by atoms with Gasteiger partial charge in [-0.1, -0.05) is 35.5 Å². The van der Waals surface area contributed by atoms with E-state index >= 15 is 0 Å². The summed E-state index contributed by atoms with van der Waals surface area (Å²) in [5.74, 6) is 0.826. The summed E-state index contributed by atoms with van der Waals surface area (Å²) in [6.45, 7) is 1.83. The molecule has 2 aromatic rings. The average molecular weight is 358 g/mol. The number of aryl methyl sites for hydroxylation is 1. The van der Waals surface area contributed by atoms with Gasteiger partial charge < -0.3 is 14.2 Å². The lowest BCUT2D eigenvalue weighted by Crippen LogP contribution is -2.46. The number of nitrogens with zero attached hydrogens (tertiary/aromatic N) is 2. The Hall–Kier alpha value is -2.28. The van der Waals surface area contributed by atoms with Crippen LogP contribution in [-0.2, 0) is 25.8 Å². The third-order valence-corrected chi connectivity index (χ3v) is 6.26. The van der Waals surface area contributed by atoms with Crippen LogP contribution in [-0.4, -0.2) is 33.7 Å². The minimum absolute atomic E-state index is 0.00748. The summed E-state index contributed by atoms with van der Waals surface area (Å²) < 4.78 is 10.4. The van der Waals surface area contributed by atoms with Gasteiger partial charge in [0.2, 0.25) is 5.91 Å². The molecule has 0 bridgehead atoms. The first kappa shape index (κ1) is 16.2. The van der Waals surface area contributed by atoms with Crippen molar-refractivity contribution in [2.75, 3.05) is 5.75 Å². The second-order valence-corrected chi connectivity index (χ2v) is 7.57. The normalized spacial score (nSPS) is 25.2. The molecule has 1 aromatic heterocycles. The molecule has 7 heteroatoms. The molecule has 1 amide bonds. The molecule has 1 aromatic carbocycles. The molecule has 3 heterocycles. The molecule has 4 rings (SSSR count). The van der Waals surface area contributed by atoms with Crippen molar-refractivity contribution in [3.05, 3.63) is 53.4 Å². The Morgan fingerprint density at radius 3 is 2.96 bits per heavy atom. The summed E-state index contributed by atoms with van der Waals surface area (Å²) in [6, 6.07) is 11.1. The molecule has 0 radical (unpaired) electrons. The summed E-state index contributed by atoms with van der Waals surface area (Å²) >= 11 is 1.65. The zero-order valence-corrected chi connectivity index (χ0v) is 14.6. The molecular weight excluding hydrogens is 340 g/mol. The fourth-order valence-electron chi connectivity index (χ4n) is 3.54. The first-order valence-corrected chi connectivity index (χ1v) is 9.19. The highest BCUT2D eigenvalue weighted by atomic mass is 32.2. The van der Waals surface area contributed by atoms with Crippen LogP contribution in [0.25, 0.3) is 0 Å². The van der Waals surface area contributed by atoms with E-state index in [-0.39, 0.29) is 18.5 Å². The number of amides is 1. The quantitative estimate of drug-likeness (QED) is 0.783. The number of carbonyl (C=O) groups is 2. The van der Waals surface area contributed by atoms with Crippen molar-refractivity contribution >= 4 is 23.6 Å². The molecule has 2 saturated heterocycles. The summed E-state index contributed by atoms with van der Waals surface area (Å²) in [5, 5.41) is 3.82. The fourth-order valence-corrected chi connectivity index (χ4v) is 5.18. The highest BCUT2D eigenvalue weighted by molar-refractivity contribution is 8.00. The van der Waals surface area contributed by atoms with Crippen LogP contribution in [0.5, 0.6) is 0 Å². The lowest BCUT2D eigenvalue weighted by Gasteiger charge is -2.33. The van der Waals surface area contributed by atoms with E-state index < -0.39 is 10.9 Å². The molecule has 2 fully saturated rings. The molecule has 2 atom stereocenters. The number of carbonyl (C=O) groups excluding carboxylic acids is 2. The molecule has 0 spiro atoms. The van der Waals surface area contributed by atoms with Gasteiger partial charge in [0.15, 0.2) is 0 Å². The second kappa shape index (κ2) is 6.22. The van der Waals surface area contributed by atoms with Crippen molar-refractivity contribution in [2.24, 2.45) is 0 Å². The number of esters is 1. The number of ether oxygens (including phenoxy) is 1. The number of thioether (sulfide) groups is 1. The van der Waals surface area contributed by atoms with Gasteiger partial charge in [0.1, 0.15) is 29.0 Å². The lowest BCUT2D eigenvalue weighted by molar-refractivity contribution is -0.155. The van der Waals surface area contributed by atoms with Gasteiger partial charge in [-0.2, -0.15) is 0 Å². The van der Waals surface area contributed by atoms with E-state index in [0.29, 0.717) is 30.0 Å². The van der Waals surface area contributed by atoms with E-state index in [1.165, 1.54) is 0 Å². The predicted octanol–water partition coefficient (Wildman–Crippen LogP) is 2.62. The van der Waals surface area contributed by atoms with Crippen molar-refractivity contribution in [1.82, 2.24) is 10.1 Å². The van der Waals surface area contributed by atoms with Gasteiger partial charge in [-0.25, -0.2) is 4.79 Å². The van der Waals surface area contributed by atoms with Crippen LogP contribution in [0.2, 0.25) is 0 Å². The van der Waals surface area contributed by atoms with Gasteiger partial charge in [-0.15, -0.1) is 11.8 Å². The molecule has 6 nitrogen and oxygen atoms in total. The number of benzene rings is 1. The zero-order valence-electron chi connectivity index (χ0n) is 13.8. The standard InChI is InChI=1S/C18H18N2O4S/c1-12-9-14(19-24-12)10-23-17(22)15-11-25-18(8-7-16(21)20(15)18)13-5-3-2-4-6-13/h2-6,9,15H,7-8,10-11H2,1H3/t15-,18-/m0/s1. The van der Waals surface area contributed by atoms with Gasteiger partial charge in [0.25, 0.3) is 0 Å². The Balaban J connectivity index is 1.53. The Kier molecular flexibility index (Phi) is 4.03. The van der Waals surface area contributed by atoms with Crippen LogP contribution in [0, 0.1) is 6.92 Å². The topological polar surface area (TPSA) is 72.6 Å². The second-order valence-electron chi connectivity index (χ2n) is 6.28. The van der Waals surface area contributed by atoms with E-state index in [1.54, 1.807) is 29.7 Å². The van der Waals surface area contributed by atoms with Crippen LogP contribution in [0.15, 0.2) is 40.9 Å². The predicted molar refractivity (Wildman–Crippen MR) is 91.5 cm³/mol. The molecule has 0 N–H and O–H groups in total. The number of fused-ring (bicyclic) bond motifs is 1. The molecule has 130 valence electrons. The molecule has 0 saturated carbocycles. The first-order chi connectivity index (χ1) is 12.1.